The standard InChI is InChI=1S/C12H13ClO5/c1-3-6-7(9(14)12(15)16-2)4-8(13)11-10(6)17-5-18-11/h4,9,14H,3,5H2,1-2H3. The van der Waals surface area contributed by atoms with Crippen molar-refractivity contribution in [1.29, 1.82) is 0 Å². The molecular weight excluding hydrogens is 260 g/mol. The highest BCUT2D eigenvalue weighted by molar-refractivity contribution is 6.32. The number of aliphatic hydroxyl groups excluding tert-OH is 1. The number of methoxy groups -OCH3 is 1. The molecule has 1 aliphatic heterocycles. The normalized spacial score (nSPS) is 14.4. The van der Waals surface area contributed by atoms with Gasteiger partial charge in [-0.1, -0.05) is 18.5 Å². The first-order chi connectivity index (χ1) is 8.60. The van der Waals surface area contributed by atoms with Gasteiger partial charge in [0, 0.05) is 11.1 Å². The molecule has 0 amide bonds. The van der Waals surface area contributed by atoms with Gasteiger partial charge in [0.05, 0.1) is 12.1 Å². The van der Waals surface area contributed by atoms with Crippen LogP contribution in [0.1, 0.15) is 24.2 Å². The number of rotatable bonds is 3. The molecule has 0 fully saturated rings. The van der Waals surface area contributed by atoms with Gasteiger partial charge in [0.15, 0.2) is 17.6 Å². The zero-order chi connectivity index (χ0) is 13.3. The summed E-state index contributed by atoms with van der Waals surface area (Å²) in [6, 6.07) is 1.51. The van der Waals surface area contributed by atoms with Gasteiger partial charge in [0.2, 0.25) is 6.79 Å². The number of halogens is 1. The van der Waals surface area contributed by atoms with Crippen molar-refractivity contribution in [3.8, 4) is 11.5 Å². The number of carbonyl (C=O) groups is 1. The summed E-state index contributed by atoms with van der Waals surface area (Å²) in [5.41, 5.74) is 1.09. The van der Waals surface area contributed by atoms with E-state index in [9.17, 15) is 9.90 Å². The average Bonchev–Trinajstić information content (AvgIpc) is 2.86. The number of esters is 1. The van der Waals surface area contributed by atoms with Crippen LogP contribution in [-0.2, 0) is 16.0 Å². The molecule has 0 radical (unpaired) electrons. The largest absolute Gasteiger partial charge is 0.467 e. The highest BCUT2D eigenvalue weighted by Crippen LogP contribution is 2.45. The summed E-state index contributed by atoms with van der Waals surface area (Å²) < 4.78 is 15.1. The van der Waals surface area contributed by atoms with Crippen LogP contribution in [0.25, 0.3) is 0 Å². The Hall–Kier alpha value is -1.46. The van der Waals surface area contributed by atoms with E-state index in [1.807, 2.05) is 6.92 Å². The number of carbonyl (C=O) groups excluding carboxylic acids is 1. The monoisotopic (exact) mass is 272 g/mol. The van der Waals surface area contributed by atoms with E-state index in [0.717, 1.165) is 0 Å². The Morgan fingerprint density at radius 3 is 2.83 bits per heavy atom. The van der Waals surface area contributed by atoms with E-state index in [2.05, 4.69) is 4.74 Å². The molecule has 18 heavy (non-hydrogen) atoms. The molecule has 1 unspecified atom stereocenters. The fourth-order valence-corrected chi connectivity index (χ4v) is 2.21. The van der Waals surface area contributed by atoms with Crippen LogP contribution in [0.5, 0.6) is 11.5 Å². The molecule has 1 aromatic carbocycles. The molecule has 1 aromatic rings. The lowest BCUT2D eigenvalue weighted by Crippen LogP contribution is -2.15. The Labute approximate surface area is 109 Å². The zero-order valence-corrected chi connectivity index (χ0v) is 10.8. The van der Waals surface area contributed by atoms with Gasteiger partial charge >= 0.3 is 5.97 Å². The van der Waals surface area contributed by atoms with E-state index in [1.165, 1.54) is 13.2 Å². The van der Waals surface area contributed by atoms with Gasteiger partial charge < -0.3 is 19.3 Å². The first-order valence-electron chi connectivity index (χ1n) is 5.46. The second-order valence-electron chi connectivity index (χ2n) is 3.77. The van der Waals surface area contributed by atoms with E-state index in [-0.39, 0.29) is 6.79 Å². The summed E-state index contributed by atoms with van der Waals surface area (Å²) in [7, 11) is 1.21. The SMILES string of the molecule is CCc1c(C(O)C(=O)OC)cc(Cl)c2c1OCO2. The Morgan fingerprint density at radius 1 is 1.56 bits per heavy atom. The fourth-order valence-electron chi connectivity index (χ4n) is 1.95. The molecule has 0 saturated carbocycles. The van der Waals surface area contributed by atoms with Crippen molar-refractivity contribution in [3.63, 3.8) is 0 Å². The van der Waals surface area contributed by atoms with Gasteiger partial charge in [-0.2, -0.15) is 0 Å². The van der Waals surface area contributed by atoms with Crippen LogP contribution in [0.4, 0.5) is 0 Å². The summed E-state index contributed by atoms with van der Waals surface area (Å²) >= 11 is 6.03. The van der Waals surface area contributed by atoms with Crippen LogP contribution in [0, 0.1) is 0 Å². The smallest absolute Gasteiger partial charge is 0.339 e. The fraction of sp³-hybridized carbons (Fsp3) is 0.417. The molecule has 0 spiro atoms. The van der Waals surface area contributed by atoms with Crippen molar-refractivity contribution in [2.24, 2.45) is 0 Å². The predicted molar refractivity (Wildman–Crippen MR) is 63.9 cm³/mol. The zero-order valence-electron chi connectivity index (χ0n) is 10.0. The third-order valence-corrected chi connectivity index (χ3v) is 3.09. The Balaban J connectivity index is 2.54. The quantitative estimate of drug-likeness (QED) is 0.851. The molecular formula is C12H13ClO5. The molecule has 1 atom stereocenters. The molecule has 98 valence electrons. The topological polar surface area (TPSA) is 65.0 Å². The lowest BCUT2D eigenvalue weighted by Gasteiger charge is -2.15. The minimum absolute atomic E-state index is 0.0832. The van der Waals surface area contributed by atoms with Crippen LogP contribution in [0.2, 0.25) is 5.02 Å². The molecule has 1 heterocycles. The van der Waals surface area contributed by atoms with Crippen molar-refractivity contribution in [1.82, 2.24) is 0 Å². The molecule has 2 rings (SSSR count). The van der Waals surface area contributed by atoms with Gasteiger partial charge in [0.1, 0.15) is 0 Å². The summed E-state index contributed by atoms with van der Waals surface area (Å²) in [4.78, 5) is 11.4. The maximum atomic E-state index is 11.4. The van der Waals surface area contributed by atoms with Crippen LogP contribution < -0.4 is 9.47 Å². The second kappa shape index (κ2) is 5.04. The van der Waals surface area contributed by atoms with E-state index in [0.29, 0.717) is 34.1 Å². The number of benzene rings is 1. The van der Waals surface area contributed by atoms with Crippen molar-refractivity contribution >= 4 is 17.6 Å². The van der Waals surface area contributed by atoms with Crippen LogP contribution in [-0.4, -0.2) is 25.0 Å². The molecule has 5 nitrogen and oxygen atoms in total. The number of hydrogen-bond donors (Lipinski definition) is 1. The molecule has 0 bridgehead atoms. The van der Waals surface area contributed by atoms with Crippen molar-refractivity contribution < 1.29 is 24.1 Å². The highest BCUT2D eigenvalue weighted by atomic mass is 35.5. The Bertz CT molecular complexity index is 486. The van der Waals surface area contributed by atoms with Gasteiger partial charge in [0.25, 0.3) is 0 Å². The van der Waals surface area contributed by atoms with E-state index in [1.54, 1.807) is 0 Å². The lowest BCUT2D eigenvalue weighted by molar-refractivity contribution is -0.150. The predicted octanol–water partition coefficient (Wildman–Crippen LogP) is 1.84. The summed E-state index contributed by atoms with van der Waals surface area (Å²) in [5.74, 6) is 0.205. The summed E-state index contributed by atoms with van der Waals surface area (Å²) in [5, 5.41) is 10.2. The van der Waals surface area contributed by atoms with Crippen molar-refractivity contribution in [2.45, 2.75) is 19.4 Å². The number of ether oxygens (including phenoxy) is 3. The van der Waals surface area contributed by atoms with E-state index in [4.69, 9.17) is 21.1 Å². The summed E-state index contributed by atoms with van der Waals surface area (Å²) in [6.45, 7) is 1.97. The molecule has 0 aromatic heterocycles. The first kappa shape index (κ1) is 13.0. The minimum Gasteiger partial charge on any atom is -0.467 e. The molecule has 0 aliphatic carbocycles. The molecule has 1 aliphatic rings. The first-order valence-corrected chi connectivity index (χ1v) is 5.84. The third kappa shape index (κ3) is 2.00. The third-order valence-electron chi connectivity index (χ3n) is 2.81. The number of hydrogen-bond acceptors (Lipinski definition) is 5. The Kier molecular flexibility index (Phi) is 3.63. The highest BCUT2D eigenvalue weighted by Gasteiger charge is 2.29. The van der Waals surface area contributed by atoms with Gasteiger partial charge in [-0.3, -0.25) is 0 Å². The van der Waals surface area contributed by atoms with Crippen molar-refractivity contribution in [3.05, 3.63) is 22.2 Å². The van der Waals surface area contributed by atoms with Crippen LogP contribution in [0.15, 0.2) is 6.07 Å². The molecule has 1 N–H and O–H groups in total. The van der Waals surface area contributed by atoms with E-state index < -0.39 is 12.1 Å². The number of aliphatic hydroxyl groups is 1. The molecule has 6 heteroatoms. The summed E-state index contributed by atoms with van der Waals surface area (Å²) in [6.07, 6.45) is -0.802. The molecule has 0 saturated heterocycles. The number of fused-ring (bicyclic) bond motifs is 1. The van der Waals surface area contributed by atoms with Gasteiger partial charge in [-0.25, -0.2) is 4.79 Å². The maximum Gasteiger partial charge on any atom is 0.339 e. The second-order valence-corrected chi connectivity index (χ2v) is 4.18. The van der Waals surface area contributed by atoms with Crippen molar-refractivity contribution in [2.75, 3.05) is 13.9 Å². The lowest BCUT2D eigenvalue weighted by atomic mass is 9.98. The van der Waals surface area contributed by atoms with Gasteiger partial charge in [-0.15, -0.1) is 0 Å². The van der Waals surface area contributed by atoms with Crippen LogP contribution >= 0.6 is 11.6 Å². The minimum atomic E-state index is -1.38. The van der Waals surface area contributed by atoms with Crippen LogP contribution in [0.3, 0.4) is 0 Å². The Morgan fingerprint density at radius 2 is 2.22 bits per heavy atom. The maximum absolute atomic E-state index is 11.4. The van der Waals surface area contributed by atoms with E-state index >= 15 is 0 Å². The average molecular weight is 273 g/mol. The van der Waals surface area contributed by atoms with Gasteiger partial charge in [-0.05, 0) is 12.5 Å².